The Bertz CT molecular complexity index is 1520. The molecule has 0 aliphatic rings. The lowest BCUT2D eigenvalue weighted by Crippen LogP contribution is -1.84. The molecule has 0 aliphatic carbocycles. The van der Waals surface area contributed by atoms with Gasteiger partial charge >= 0.3 is 0 Å². The molecule has 0 amide bonds. The van der Waals surface area contributed by atoms with E-state index in [-0.39, 0.29) is 0 Å². The van der Waals surface area contributed by atoms with Gasteiger partial charge in [0.1, 0.15) is 22.6 Å². The number of fused-ring (bicyclic) bond motifs is 1. The van der Waals surface area contributed by atoms with Crippen LogP contribution in [0, 0.1) is 11.3 Å². The van der Waals surface area contributed by atoms with Gasteiger partial charge in [0.2, 0.25) is 0 Å². The molecule has 3 nitrogen and oxygen atoms in total. The van der Waals surface area contributed by atoms with E-state index >= 15 is 0 Å². The van der Waals surface area contributed by atoms with E-state index in [0.717, 1.165) is 27.6 Å². The lowest BCUT2D eigenvalue weighted by Gasteiger charge is -2.03. The molecule has 0 saturated heterocycles. The maximum absolute atomic E-state index is 9.76. The Kier molecular flexibility index (Phi) is 5.55. The van der Waals surface area contributed by atoms with Crippen LogP contribution in [0.4, 0.5) is 0 Å². The average Bonchev–Trinajstić information content (AvgIpc) is 3.49. The molecule has 0 N–H and O–H groups in total. The number of nitriles is 1. The Labute approximate surface area is 198 Å². The van der Waals surface area contributed by atoms with Crippen LogP contribution in [0.25, 0.3) is 45.0 Å². The van der Waals surface area contributed by atoms with Gasteiger partial charge in [0.25, 0.3) is 0 Å². The van der Waals surface area contributed by atoms with E-state index in [1.54, 1.807) is 18.2 Å². The van der Waals surface area contributed by atoms with Crippen LogP contribution >= 0.6 is 34.5 Å². The van der Waals surface area contributed by atoms with E-state index < -0.39 is 0 Å². The minimum absolute atomic E-state index is 0.441. The third-order valence-electron chi connectivity index (χ3n) is 5.04. The van der Waals surface area contributed by atoms with Crippen molar-refractivity contribution >= 4 is 57.0 Å². The number of halogens is 2. The monoisotopic (exact) mass is 472 g/mol. The van der Waals surface area contributed by atoms with Gasteiger partial charge in [-0.3, -0.25) is 0 Å². The number of thiazole rings is 1. The number of allylic oxidation sites excluding steroid dienone is 1. The largest absolute Gasteiger partial charge is 0.457 e. The van der Waals surface area contributed by atoms with Crippen LogP contribution in [-0.4, -0.2) is 4.98 Å². The Balaban J connectivity index is 1.47. The van der Waals surface area contributed by atoms with Crippen molar-refractivity contribution in [2.45, 2.75) is 0 Å². The van der Waals surface area contributed by atoms with Gasteiger partial charge in [-0.25, -0.2) is 4.98 Å². The van der Waals surface area contributed by atoms with Gasteiger partial charge in [0, 0.05) is 22.6 Å². The van der Waals surface area contributed by atoms with Crippen molar-refractivity contribution in [3.8, 4) is 28.7 Å². The summed E-state index contributed by atoms with van der Waals surface area (Å²) >= 11 is 13.5. The summed E-state index contributed by atoms with van der Waals surface area (Å²) in [6.07, 6.45) is 1.70. The van der Waals surface area contributed by atoms with E-state index in [1.807, 2.05) is 47.8 Å². The quantitative estimate of drug-likeness (QED) is 0.246. The number of hydrogen-bond donors (Lipinski definition) is 0. The Morgan fingerprint density at radius 1 is 0.969 bits per heavy atom. The minimum Gasteiger partial charge on any atom is -0.457 e. The van der Waals surface area contributed by atoms with Crippen molar-refractivity contribution in [2.24, 2.45) is 0 Å². The lowest BCUT2D eigenvalue weighted by molar-refractivity contribution is 0.572. The van der Waals surface area contributed by atoms with E-state index in [1.165, 1.54) is 11.3 Å². The first-order valence-electron chi connectivity index (χ1n) is 9.73. The third kappa shape index (κ3) is 3.94. The third-order valence-corrected chi connectivity index (χ3v) is 6.65. The van der Waals surface area contributed by atoms with Crippen LogP contribution in [0.2, 0.25) is 10.0 Å². The zero-order chi connectivity index (χ0) is 22.1. The average molecular weight is 473 g/mol. The molecule has 6 heteroatoms. The first kappa shape index (κ1) is 20.5. The van der Waals surface area contributed by atoms with Crippen LogP contribution in [0.3, 0.4) is 0 Å². The molecule has 0 fully saturated rings. The Morgan fingerprint density at radius 3 is 2.66 bits per heavy atom. The molecule has 0 bridgehead atoms. The first-order valence-corrected chi connectivity index (χ1v) is 11.4. The maximum Gasteiger partial charge on any atom is 0.134 e. The molecule has 2 heterocycles. The zero-order valence-electron chi connectivity index (χ0n) is 16.5. The fourth-order valence-corrected chi connectivity index (χ4v) is 4.57. The highest BCUT2D eigenvalue weighted by atomic mass is 35.5. The predicted octanol–water partition coefficient (Wildman–Crippen LogP) is 8.59. The molecule has 5 rings (SSSR count). The second-order valence-electron chi connectivity index (χ2n) is 7.07. The molecule has 3 aromatic carbocycles. The van der Waals surface area contributed by atoms with E-state index in [9.17, 15) is 5.26 Å². The van der Waals surface area contributed by atoms with Crippen molar-refractivity contribution < 1.29 is 4.42 Å². The van der Waals surface area contributed by atoms with E-state index in [0.29, 0.717) is 32.1 Å². The normalized spacial score (nSPS) is 11.6. The first-order chi connectivity index (χ1) is 15.6. The van der Waals surface area contributed by atoms with Crippen molar-refractivity contribution in [2.75, 3.05) is 0 Å². The van der Waals surface area contributed by atoms with Crippen molar-refractivity contribution in [3.63, 3.8) is 0 Å². The van der Waals surface area contributed by atoms with Crippen molar-refractivity contribution in [1.29, 1.82) is 5.26 Å². The van der Waals surface area contributed by atoms with E-state index in [4.69, 9.17) is 32.6 Å². The fraction of sp³-hybridized carbons (Fsp3) is 0. The SMILES string of the molecule is N#C/C(=C\c1ccc(-c2ccc(Cl)c(Cl)c2)o1)c1nc(-c2cccc3ccccc23)cs1. The van der Waals surface area contributed by atoms with Crippen LogP contribution in [0.5, 0.6) is 0 Å². The summed E-state index contributed by atoms with van der Waals surface area (Å²) in [5.41, 5.74) is 3.14. The van der Waals surface area contributed by atoms with Crippen LogP contribution in [0.1, 0.15) is 10.8 Å². The molecule has 32 heavy (non-hydrogen) atoms. The topological polar surface area (TPSA) is 49.8 Å². The predicted molar refractivity (Wildman–Crippen MR) is 133 cm³/mol. The van der Waals surface area contributed by atoms with Crippen molar-refractivity contribution in [1.82, 2.24) is 4.98 Å². The van der Waals surface area contributed by atoms with Crippen LogP contribution < -0.4 is 0 Å². The summed E-state index contributed by atoms with van der Waals surface area (Å²) in [6.45, 7) is 0. The fourth-order valence-electron chi connectivity index (χ4n) is 3.49. The summed E-state index contributed by atoms with van der Waals surface area (Å²) in [5, 5.41) is 15.6. The van der Waals surface area contributed by atoms with E-state index in [2.05, 4.69) is 24.3 Å². The molecule has 0 spiro atoms. The second-order valence-corrected chi connectivity index (χ2v) is 8.74. The van der Waals surface area contributed by atoms with Crippen LogP contribution in [-0.2, 0) is 0 Å². The summed E-state index contributed by atoms with van der Waals surface area (Å²) in [6, 6.07) is 25.5. The number of nitrogens with zero attached hydrogens (tertiary/aromatic N) is 2. The van der Waals surface area contributed by atoms with Gasteiger partial charge in [-0.2, -0.15) is 5.26 Å². The summed E-state index contributed by atoms with van der Waals surface area (Å²) in [5.74, 6) is 1.20. The molecular weight excluding hydrogens is 459 g/mol. The standard InChI is InChI=1S/C26H14Cl2N2OS/c27-22-10-8-17(13-23(22)28)25-11-9-19(31-25)12-18(14-29)26-30-24(15-32-26)21-7-3-5-16-4-1-2-6-20(16)21/h1-13,15H/b18-12+. The molecule has 2 aromatic heterocycles. The molecule has 5 aromatic rings. The number of hydrogen-bond acceptors (Lipinski definition) is 4. The number of benzene rings is 3. The molecule has 0 aliphatic heterocycles. The second kappa shape index (κ2) is 8.64. The zero-order valence-corrected chi connectivity index (χ0v) is 18.9. The van der Waals surface area contributed by atoms with Crippen LogP contribution in [0.15, 0.2) is 82.6 Å². The molecule has 0 radical (unpaired) electrons. The highest BCUT2D eigenvalue weighted by Gasteiger charge is 2.13. The molecular formula is C26H14Cl2N2OS. The number of furan rings is 1. The molecule has 0 saturated carbocycles. The molecule has 0 unspecified atom stereocenters. The van der Waals surface area contributed by atoms with Gasteiger partial charge in [0.05, 0.1) is 21.3 Å². The highest BCUT2D eigenvalue weighted by Crippen LogP contribution is 2.33. The molecule has 154 valence electrons. The van der Waals surface area contributed by atoms with Crippen molar-refractivity contribution in [3.05, 3.63) is 99.0 Å². The highest BCUT2D eigenvalue weighted by molar-refractivity contribution is 7.11. The van der Waals surface area contributed by atoms with Gasteiger partial charge in [-0.05, 0) is 41.1 Å². The number of rotatable bonds is 4. The van der Waals surface area contributed by atoms with Gasteiger partial charge in [0.15, 0.2) is 0 Å². The Morgan fingerprint density at radius 2 is 1.81 bits per heavy atom. The summed E-state index contributed by atoms with van der Waals surface area (Å²) in [7, 11) is 0. The lowest BCUT2D eigenvalue weighted by atomic mass is 10.0. The maximum atomic E-state index is 9.76. The number of aromatic nitrogens is 1. The summed E-state index contributed by atoms with van der Waals surface area (Å²) < 4.78 is 5.92. The van der Waals surface area contributed by atoms with Gasteiger partial charge in [-0.1, -0.05) is 65.7 Å². The van der Waals surface area contributed by atoms with Gasteiger partial charge < -0.3 is 4.42 Å². The minimum atomic E-state index is 0.441. The summed E-state index contributed by atoms with van der Waals surface area (Å²) in [4.78, 5) is 4.74. The van der Waals surface area contributed by atoms with Gasteiger partial charge in [-0.15, -0.1) is 11.3 Å². The molecule has 0 atom stereocenters. The Hall–Kier alpha value is -3.36. The smallest absolute Gasteiger partial charge is 0.134 e.